The van der Waals surface area contributed by atoms with Crippen LogP contribution in [0.15, 0.2) is 36.4 Å². The molecule has 1 amide bonds. The molecule has 0 saturated carbocycles. The van der Waals surface area contributed by atoms with Gasteiger partial charge in [0.1, 0.15) is 5.75 Å². The zero-order chi connectivity index (χ0) is 19.5. The molecule has 3 nitrogen and oxygen atoms in total. The Balaban J connectivity index is 2.20. The van der Waals surface area contributed by atoms with E-state index in [1.165, 1.54) is 0 Å². The van der Waals surface area contributed by atoms with Crippen LogP contribution in [0, 0.1) is 13.8 Å². The van der Waals surface area contributed by atoms with Gasteiger partial charge in [0.05, 0.1) is 16.3 Å². The molecule has 0 bridgehead atoms. The second kappa shape index (κ2) is 7.99. The van der Waals surface area contributed by atoms with E-state index in [0.29, 0.717) is 12.2 Å². The van der Waals surface area contributed by atoms with Gasteiger partial charge < -0.3 is 10.1 Å². The Kier molecular flexibility index (Phi) is 6.18. The fraction of sp³-hybridized carbons (Fsp3) is 0.316. The number of carbonyl (C=O) groups is 1. The Morgan fingerprint density at radius 3 is 2.50 bits per heavy atom. The van der Waals surface area contributed by atoms with E-state index < -0.39 is 23.8 Å². The van der Waals surface area contributed by atoms with Crippen LogP contribution in [0.2, 0.25) is 5.02 Å². The summed E-state index contributed by atoms with van der Waals surface area (Å²) in [7, 11) is 0. The molecule has 1 atom stereocenters. The number of hydrogen-bond donors (Lipinski definition) is 1. The van der Waals surface area contributed by atoms with Gasteiger partial charge in [-0.05, 0) is 55.7 Å². The highest BCUT2D eigenvalue weighted by Gasteiger charge is 2.31. The van der Waals surface area contributed by atoms with E-state index in [4.69, 9.17) is 16.3 Å². The quantitative estimate of drug-likeness (QED) is 0.709. The Morgan fingerprint density at radius 2 is 1.88 bits per heavy atom. The fourth-order valence-corrected chi connectivity index (χ4v) is 2.49. The third kappa shape index (κ3) is 4.91. The molecule has 2 rings (SSSR count). The van der Waals surface area contributed by atoms with Crippen LogP contribution in [0.3, 0.4) is 0 Å². The van der Waals surface area contributed by atoms with Gasteiger partial charge in [0.25, 0.3) is 5.91 Å². The molecule has 0 aliphatic heterocycles. The Bertz CT molecular complexity index is 806. The van der Waals surface area contributed by atoms with Crippen molar-refractivity contribution in [2.45, 2.75) is 39.5 Å². The molecule has 0 aliphatic rings. The SMILES string of the molecule is CCC(Oc1cc(C)ccc1C)C(=O)Nc1cc(C(F)(F)F)ccc1Cl. The van der Waals surface area contributed by atoms with Gasteiger partial charge in [0, 0.05) is 0 Å². The molecule has 0 aliphatic carbocycles. The van der Waals surface area contributed by atoms with Crippen LogP contribution < -0.4 is 10.1 Å². The lowest BCUT2D eigenvalue weighted by Gasteiger charge is -2.20. The van der Waals surface area contributed by atoms with E-state index in [9.17, 15) is 18.0 Å². The highest BCUT2D eigenvalue weighted by molar-refractivity contribution is 6.33. The second-order valence-corrected chi connectivity index (χ2v) is 6.37. The molecule has 0 radical (unpaired) electrons. The lowest BCUT2D eigenvalue weighted by Crippen LogP contribution is -2.32. The molecule has 140 valence electrons. The minimum atomic E-state index is -4.52. The Morgan fingerprint density at radius 1 is 1.19 bits per heavy atom. The van der Waals surface area contributed by atoms with Crippen molar-refractivity contribution < 1.29 is 22.7 Å². The van der Waals surface area contributed by atoms with E-state index in [2.05, 4.69) is 5.32 Å². The summed E-state index contributed by atoms with van der Waals surface area (Å²) >= 11 is 5.92. The molecule has 1 N–H and O–H groups in total. The number of benzene rings is 2. The molecular weight excluding hydrogens is 367 g/mol. The molecule has 0 fully saturated rings. The lowest BCUT2D eigenvalue weighted by molar-refractivity contribution is -0.137. The van der Waals surface area contributed by atoms with E-state index >= 15 is 0 Å². The van der Waals surface area contributed by atoms with E-state index in [0.717, 1.165) is 29.3 Å². The fourth-order valence-electron chi connectivity index (χ4n) is 2.32. The predicted molar refractivity (Wildman–Crippen MR) is 95.7 cm³/mol. The maximum absolute atomic E-state index is 12.9. The van der Waals surface area contributed by atoms with Crippen molar-refractivity contribution in [1.82, 2.24) is 0 Å². The van der Waals surface area contributed by atoms with Crippen LogP contribution in [0.5, 0.6) is 5.75 Å². The monoisotopic (exact) mass is 385 g/mol. The number of nitrogens with one attached hydrogen (secondary N) is 1. The average molecular weight is 386 g/mol. The van der Waals surface area contributed by atoms with Crippen LogP contribution in [0.4, 0.5) is 18.9 Å². The molecule has 0 heterocycles. The number of carbonyl (C=O) groups excluding carboxylic acids is 1. The van der Waals surface area contributed by atoms with Crippen molar-refractivity contribution in [3.8, 4) is 5.75 Å². The second-order valence-electron chi connectivity index (χ2n) is 5.97. The summed E-state index contributed by atoms with van der Waals surface area (Å²) in [6.07, 6.45) is -5.04. The molecule has 2 aromatic rings. The summed E-state index contributed by atoms with van der Waals surface area (Å²) in [5.74, 6) is -0.00299. The number of amides is 1. The summed E-state index contributed by atoms with van der Waals surface area (Å²) < 4.78 is 44.3. The average Bonchev–Trinajstić information content (AvgIpc) is 2.56. The summed E-state index contributed by atoms with van der Waals surface area (Å²) in [5, 5.41) is 2.45. The predicted octanol–water partition coefficient (Wildman–Crippen LogP) is 5.77. The number of alkyl halides is 3. The van der Waals surface area contributed by atoms with Crippen LogP contribution in [0.1, 0.15) is 30.0 Å². The van der Waals surface area contributed by atoms with E-state index in [-0.39, 0.29) is 10.7 Å². The minimum Gasteiger partial charge on any atom is -0.480 e. The van der Waals surface area contributed by atoms with Crippen molar-refractivity contribution in [1.29, 1.82) is 0 Å². The molecule has 0 aromatic heterocycles. The Labute approximate surface area is 155 Å². The first-order valence-corrected chi connectivity index (χ1v) is 8.41. The molecule has 0 spiro atoms. The van der Waals surface area contributed by atoms with E-state index in [1.54, 1.807) is 6.92 Å². The van der Waals surface area contributed by atoms with Gasteiger partial charge in [-0.1, -0.05) is 30.7 Å². The number of anilines is 1. The van der Waals surface area contributed by atoms with Gasteiger partial charge in [-0.3, -0.25) is 4.79 Å². The van der Waals surface area contributed by atoms with Crippen molar-refractivity contribution in [3.63, 3.8) is 0 Å². The normalized spacial score (nSPS) is 12.6. The first-order valence-electron chi connectivity index (χ1n) is 8.03. The standard InChI is InChI=1S/C19H19ClF3NO2/c1-4-16(26-17-9-11(2)5-6-12(17)3)18(25)24-15-10-13(19(21,22)23)7-8-14(15)20/h5-10,16H,4H2,1-3H3,(H,24,25). The van der Waals surface area contributed by atoms with Crippen molar-refractivity contribution in [3.05, 3.63) is 58.1 Å². The number of rotatable bonds is 5. The van der Waals surface area contributed by atoms with Crippen LogP contribution in [0.25, 0.3) is 0 Å². The van der Waals surface area contributed by atoms with Gasteiger partial charge in [-0.25, -0.2) is 0 Å². The highest BCUT2D eigenvalue weighted by atomic mass is 35.5. The third-order valence-corrected chi connectivity index (χ3v) is 4.16. The maximum Gasteiger partial charge on any atom is 0.416 e. The number of halogens is 4. The summed E-state index contributed by atoms with van der Waals surface area (Å²) in [6.45, 7) is 5.50. The van der Waals surface area contributed by atoms with Gasteiger partial charge in [-0.2, -0.15) is 13.2 Å². The summed E-state index contributed by atoms with van der Waals surface area (Å²) in [4.78, 5) is 12.5. The topological polar surface area (TPSA) is 38.3 Å². The summed E-state index contributed by atoms with van der Waals surface area (Å²) in [5.41, 5.74) is 0.843. The molecule has 1 unspecified atom stereocenters. The van der Waals surface area contributed by atoms with Gasteiger partial charge in [0.15, 0.2) is 6.10 Å². The highest BCUT2D eigenvalue weighted by Crippen LogP contribution is 2.34. The molecule has 0 saturated heterocycles. The van der Waals surface area contributed by atoms with Gasteiger partial charge in [0.2, 0.25) is 0 Å². The largest absolute Gasteiger partial charge is 0.480 e. The molecule has 7 heteroatoms. The van der Waals surface area contributed by atoms with Crippen LogP contribution >= 0.6 is 11.6 Å². The first kappa shape index (κ1) is 20.1. The van der Waals surface area contributed by atoms with Crippen molar-refractivity contribution in [2.24, 2.45) is 0 Å². The maximum atomic E-state index is 12.9. The number of hydrogen-bond acceptors (Lipinski definition) is 2. The van der Waals surface area contributed by atoms with Gasteiger partial charge >= 0.3 is 6.18 Å². The van der Waals surface area contributed by atoms with E-state index in [1.807, 2.05) is 32.0 Å². The van der Waals surface area contributed by atoms with Crippen LogP contribution in [-0.4, -0.2) is 12.0 Å². The number of aryl methyl sites for hydroxylation is 2. The first-order chi connectivity index (χ1) is 12.1. The minimum absolute atomic E-state index is 0.0212. The zero-order valence-electron chi connectivity index (χ0n) is 14.6. The third-order valence-electron chi connectivity index (χ3n) is 3.83. The zero-order valence-corrected chi connectivity index (χ0v) is 15.3. The molecule has 26 heavy (non-hydrogen) atoms. The number of ether oxygens (including phenoxy) is 1. The summed E-state index contributed by atoms with van der Waals surface area (Å²) in [6, 6.07) is 8.38. The van der Waals surface area contributed by atoms with Crippen molar-refractivity contribution >= 4 is 23.2 Å². The van der Waals surface area contributed by atoms with Gasteiger partial charge in [-0.15, -0.1) is 0 Å². The van der Waals surface area contributed by atoms with Crippen LogP contribution in [-0.2, 0) is 11.0 Å². The molecule has 2 aromatic carbocycles. The lowest BCUT2D eigenvalue weighted by atomic mass is 10.1. The van der Waals surface area contributed by atoms with Crippen molar-refractivity contribution in [2.75, 3.05) is 5.32 Å². The molecular formula is C19H19ClF3NO2. The smallest absolute Gasteiger partial charge is 0.416 e. The Hall–Kier alpha value is -2.21.